The van der Waals surface area contributed by atoms with Gasteiger partial charge in [0.2, 0.25) is 0 Å². The molecule has 0 aromatic rings. The van der Waals surface area contributed by atoms with E-state index in [0.29, 0.717) is 6.42 Å². The number of hydrogen-bond acceptors (Lipinski definition) is 2. The summed E-state index contributed by atoms with van der Waals surface area (Å²) in [6.07, 6.45) is 8.15. The Labute approximate surface area is 152 Å². The van der Waals surface area contributed by atoms with Crippen LogP contribution in [0.2, 0.25) is 0 Å². The molecule has 0 saturated heterocycles. The van der Waals surface area contributed by atoms with E-state index < -0.39 is 17.4 Å². The molecule has 1 rings (SSSR count). The van der Waals surface area contributed by atoms with E-state index >= 15 is 0 Å². The summed E-state index contributed by atoms with van der Waals surface area (Å²) < 4.78 is 0. The summed E-state index contributed by atoms with van der Waals surface area (Å²) in [7, 11) is 0. The number of unbranched alkanes of at least 4 members (excludes halogenated alkanes) is 2. The van der Waals surface area contributed by atoms with E-state index in [1.54, 1.807) is 0 Å². The number of allylic oxidation sites excluding steroid dienone is 1. The van der Waals surface area contributed by atoms with E-state index in [4.69, 9.17) is 0 Å². The lowest BCUT2D eigenvalue weighted by Crippen LogP contribution is -2.45. The molecule has 0 aromatic carbocycles. The Hall–Kier alpha value is -1.32. The van der Waals surface area contributed by atoms with Crippen LogP contribution in [0.3, 0.4) is 0 Å². The average molecular weight is 353 g/mol. The quantitative estimate of drug-likeness (QED) is 0.470. The normalized spacial score (nSPS) is 18.2. The molecule has 2 N–H and O–H groups in total. The maximum absolute atomic E-state index is 12.6. The van der Waals surface area contributed by atoms with Crippen molar-refractivity contribution in [1.82, 2.24) is 0 Å². The van der Waals surface area contributed by atoms with E-state index in [-0.39, 0.29) is 17.4 Å². The van der Waals surface area contributed by atoms with Crippen LogP contribution in [0, 0.1) is 17.3 Å². The van der Waals surface area contributed by atoms with E-state index in [2.05, 4.69) is 6.92 Å². The number of carboxylic acid groups (broad SMARTS) is 2. The first-order valence-electron chi connectivity index (χ1n) is 10.0. The number of carbonyl (C=O) groups is 2. The van der Waals surface area contributed by atoms with Gasteiger partial charge in [0.25, 0.3) is 0 Å². The zero-order chi connectivity index (χ0) is 19.0. The van der Waals surface area contributed by atoms with Crippen LogP contribution >= 0.6 is 0 Å². The van der Waals surface area contributed by atoms with Gasteiger partial charge >= 0.3 is 11.9 Å². The summed E-state index contributed by atoms with van der Waals surface area (Å²) in [6, 6.07) is 0. The fraction of sp³-hybridized carbons (Fsp3) is 0.810. The van der Waals surface area contributed by atoms with Crippen molar-refractivity contribution in [3.63, 3.8) is 0 Å². The SMILES string of the molecule is CCCCC(C(C)C)C(CCCC)(C(=O)O)C(C(=O)O)=C1CCCC1. The lowest BCUT2D eigenvalue weighted by molar-refractivity contribution is -0.155. The van der Waals surface area contributed by atoms with Gasteiger partial charge in [0.1, 0.15) is 5.41 Å². The maximum Gasteiger partial charge on any atom is 0.332 e. The van der Waals surface area contributed by atoms with Crippen molar-refractivity contribution in [3.05, 3.63) is 11.1 Å². The highest BCUT2D eigenvalue weighted by Gasteiger charge is 2.52. The van der Waals surface area contributed by atoms with Crippen molar-refractivity contribution in [2.24, 2.45) is 17.3 Å². The molecule has 0 heterocycles. The molecule has 0 aliphatic heterocycles. The van der Waals surface area contributed by atoms with Crippen molar-refractivity contribution in [3.8, 4) is 0 Å². The van der Waals surface area contributed by atoms with Crippen LogP contribution in [-0.4, -0.2) is 22.2 Å². The van der Waals surface area contributed by atoms with Gasteiger partial charge in [0, 0.05) is 0 Å². The van der Waals surface area contributed by atoms with Gasteiger partial charge in [-0.1, -0.05) is 59.0 Å². The van der Waals surface area contributed by atoms with Crippen molar-refractivity contribution in [2.75, 3.05) is 0 Å². The van der Waals surface area contributed by atoms with Crippen LogP contribution < -0.4 is 0 Å². The zero-order valence-corrected chi connectivity index (χ0v) is 16.4. The van der Waals surface area contributed by atoms with Gasteiger partial charge < -0.3 is 10.2 Å². The minimum Gasteiger partial charge on any atom is -0.481 e. The summed E-state index contributed by atoms with van der Waals surface area (Å²) in [5, 5.41) is 20.4. The minimum absolute atomic E-state index is 0.135. The average Bonchev–Trinajstić information content (AvgIpc) is 3.05. The molecule has 1 aliphatic carbocycles. The number of carboxylic acids is 2. The Morgan fingerprint density at radius 3 is 2.00 bits per heavy atom. The number of hydrogen-bond donors (Lipinski definition) is 2. The fourth-order valence-electron chi connectivity index (χ4n) is 4.61. The molecular weight excluding hydrogens is 316 g/mol. The van der Waals surface area contributed by atoms with Crippen molar-refractivity contribution in [1.29, 1.82) is 0 Å². The van der Waals surface area contributed by atoms with E-state index in [0.717, 1.165) is 63.4 Å². The maximum atomic E-state index is 12.6. The highest BCUT2D eigenvalue weighted by atomic mass is 16.4. The molecular formula is C21H36O4. The van der Waals surface area contributed by atoms with Crippen molar-refractivity contribution < 1.29 is 19.8 Å². The first-order chi connectivity index (χ1) is 11.8. The molecule has 144 valence electrons. The predicted octanol–water partition coefficient (Wildman–Crippen LogP) is 5.67. The van der Waals surface area contributed by atoms with E-state index in [1.165, 1.54) is 0 Å². The molecule has 0 radical (unpaired) electrons. The summed E-state index contributed by atoms with van der Waals surface area (Å²) in [5.74, 6) is -1.96. The fourth-order valence-corrected chi connectivity index (χ4v) is 4.61. The minimum atomic E-state index is -1.26. The standard InChI is InChI=1S/C21H36O4/c1-5-7-13-17(15(3)4)21(20(24)25,14-8-6-2)18(19(22)23)16-11-9-10-12-16/h15,17H,5-14H2,1-4H3,(H,22,23)(H,24,25). The van der Waals surface area contributed by atoms with Gasteiger partial charge in [-0.15, -0.1) is 0 Å². The van der Waals surface area contributed by atoms with Crippen LogP contribution in [0.25, 0.3) is 0 Å². The van der Waals surface area contributed by atoms with Gasteiger partial charge in [0.15, 0.2) is 0 Å². The molecule has 0 spiro atoms. The van der Waals surface area contributed by atoms with Gasteiger partial charge in [-0.05, 0) is 50.4 Å². The Morgan fingerprint density at radius 2 is 1.60 bits per heavy atom. The smallest absolute Gasteiger partial charge is 0.332 e. The molecule has 0 bridgehead atoms. The largest absolute Gasteiger partial charge is 0.481 e. The van der Waals surface area contributed by atoms with Gasteiger partial charge in [-0.3, -0.25) is 4.79 Å². The molecule has 25 heavy (non-hydrogen) atoms. The lowest BCUT2D eigenvalue weighted by Gasteiger charge is -2.41. The second-order valence-electron chi connectivity index (χ2n) is 7.86. The lowest BCUT2D eigenvalue weighted by atomic mass is 9.60. The summed E-state index contributed by atoms with van der Waals surface area (Å²) in [5.41, 5.74) is -0.154. The summed E-state index contributed by atoms with van der Waals surface area (Å²) in [6.45, 7) is 8.22. The topological polar surface area (TPSA) is 74.6 Å². The Bertz CT molecular complexity index is 484. The molecule has 4 heteroatoms. The monoisotopic (exact) mass is 352 g/mol. The van der Waals surface area contributed by atoms with Crippen LogP contribution in [0.15, 0.2) is 11.1 Å². The van der Waals surface area contributed by atoms with Crippen LogP contribution in [0.4, 0.5) is 0 Å². The molecule has 1 aliphatic rings. The number of aliphatic carboxylic acids is 2. The third-order valence-electron chi connectivity index (χ3n) is 5.83. The third kappa shape index (κ3) is 4.86. The van der Waals surface area contributed by atoms with Crippen molar-refractivity contribution >= 4 is 11.9 Å². The van der Waals surface area contributed by atoms with Gasteiger partial charge in [0.05, 0.1) is 5.57 Å². The first-order valence-corrected chi connectivity index (χ1v) is 10.0. The van der Waals surface area contributed by atoms with Crippen LogP contribution in [-0.2, 0) is 9.59 Å². The molecule has 1 saturated carbocycles. The summed E-state index contributed by atoms with van der Waals surface area (Å²) >= 11 is 0. The van der Waals surface area contributed by atoms with E-state index in [9.17, 15) is 19.8 Å². The highest BCUT2D eigenvalue weighted by molar-refractivity contribution is 5.97. The molecule has 2 unspecified atom stereocenters. The zero-order valence-electron chi connectivity index (χ0n) is 16.4. The summed E-state index contributed by atoms with van der Waals surface area (Å²) in [4.78, 5) is 24.9. The van der Waals surface area contributed by atoms with Crippen molar-refractivity contribution in [2.45, 2.75) is 91.9 Å². The second kappa shape index (κ2) is 9.98. The van der Waals surface area contributed by atoms with Gasteiger partial charge in [-0.25, -0.2) is 4.79 Å². The molecule has 1 fully saturated rings. The van der Waals surface area contributed by atoms with Crippen LogP contribution in [0.1, 0.15) is 91.9 Å². The Kier molecular flexibility index (Phi) is 8.67. The molecule has 0 amide bonds. The van der Waals surface area contributed by atoms with Crippen LogP contribution in [0.5, 0.6) is 0 Å². The molecule has 0 aromatic heterocycles. The second-order valence-corrected chi connectivity index (χ2v) is 7.86. The van der Waals surface area contributed by atoms with E-state index in [1.807, 2.05) is 20.8 Å². The molecule has 2 atom stereocenters. The Morgan fingerprint density at radius 1 is 1.04 bits per heavy atom. The first kappa shape index (κ1) is 21.7. The number of rotatable bonds is 11. The Balaban J connectivity index is 3.59. The molecule has 4 nitrogen and oxygen atoms in total. The predicted molar refractivity (Wildman–Crippen MR) is 101 cm³/mol. The highest BCUT2D eigenvalue weighted by Crippen LogP contribution is 2.50. The van der Waals surface area contributed by atoms with Gasteiger partial charge in [-0.2, -0.15) is 0 Å². The third-order valence-corrected chi connectivity index (χ3v) is 5.83.